The predicted molar refractivity (Wildman–Crippen MR) is 300 cm³/mol. The molecule has 0 radical (unpaired) electrons. The van der Waals surface area contributed by atoms with E-state index >= 15 is 0 Å². The smallest absolute Gasteiger partial charge is 0.0114 e. The van der Waals surface area contributed by atoms with E-state index in [9.17, 15) is 0 Å². The molecule has 0 fully saturated rings. The maximum Gasteiger partial charge on any atom is -0.0114 e. The van der Waals surface area contributed by atoms with Crippen LogP contribution in [0.3, 0.4) is 0 Å². The lowest BCUT2D eigenvalue weighted by Crippen LogP contribution is -2.01. The molecule has 0 N–H and O–H groups in total. The third-order valence-corrected chi connectivity index (χ3v) is 18.8. The summed E-state index contributed by atoms with van der Waals surface area (Å²) < 4.78 is 0. The Bertz CT molecular complexity index is 2400. The molecule has 0 atom stereocenters. The quantitative estimate of drug-likeness (QED) is 0.142. The van der Waals surface area contributed by atoms with E-state index in [0.29, 0.717) is 0 Å². The van der Waals surface area contributed by atoms with E-state index in [2.05, 4.69) is 208 Å². The highest BCUT2D eigenvalue weighted by Gasteiger charge is 2.19. The maximum absolute atomic E-state index is 2.27. The fraction of sp³-hybridized carbons (Fsp3) is 0.455. The monoisotopic (exact) mass is 883 g/mol. The highest BCUT2D eigenvalue weighted by atomic mass is 14.2. The second kappa shape index (κ2) is 19.9. The van der Waals surface area contributed by atoms with Gasteiger partial charge in [0, 0.05) is 0 Å². The molecule has 0 nitrogen and oxygen atoms in total. The van der Waals surface area contributed by atoms with Crippen molar-refractivity contribution in [3.05, 3.63) is 167 Å². The standard InChI is InChI=1S/3C18H24.C12H18/c3*1-9-10(2)14(6)18-16(8)12(4)11(3)15(7)17(18)13(9)5;1-7-8(2)10(4)12(6)11(5)9(7)3/h3*1-8H3;1-6H3. The van der Waals surface area contributed by atoms with E-state index < -0.39 is 0 Å². The van der Waals surface area contributed by atoms with E-state index in [1.807, 2.05) is 0 Å². The molecule has 0 aliphatic carbocycles. The van der Waals surface area contributed by atoms with Crippen molar-refractivity contribution < 1.29 is 0 Å². The average Bonchev–Trinajstić information content (AvgIpc) is 3.29. The Labute approximate surface area is 405 Å². The van der Waals surface area contributed by atoms with Crippen molar-refractivity contribution in [1.29, 1.82) is 0 Å². The molecule has 0 amide bonds. The summed E-state index contributed by atoms with van der Waals surface area (Å²) in [7, 11) is 0. The van der Waals surface area contributed by atoms with Gasteiger partial charge in [0.25, 0.3) is 0 Å². The molecule has 0 aromatic heterocycles. The third kappa shape index (κ3) is 8.81. The van der Waals surface area contributed by atoms with Gasteiger partial charge in [-0.3, -0.25) is 0 Å². The number of hydrogen-bond donors (Lipinski definition) is 0. The van der Waals surface area contributed by atoms with Gasteiger partial charge in [-0.15, -0.1) is 0 Å². The van der Waals surface area contributed by atoms with Crippen LogP contribution in [-0.2, 0) is 0 Å². The molecule has 0 bridgehead atoms. The molecule has 0 aliphatic rings. The van der Waals surface area contributed by atoms with E-state index in [1.165, 1.54) is 199 Å². The first-order valence-electron chi connectivity index (χ1n) is 24.8. The van der Waals surface area contributed by atoms with Crippen molar-refractivity contribution in [2.24, 2.45) is 0 Å². The Morgan fingerprint density at radius 3 is 0.182 bits per heavy atom. The van der Waals surface area contributed by atoms with Crippen LogP contribution in [0.4, 0.5) is 0 Å². The van der Waals surface area contributed by atoms with Crippen molar-refractivity contribution >= 4 is 32.3 Å². The van der Waals surface area contributed by atoms with Crippen LogP contribution < -0.4 is 0 Å². The Kier molecular flexibility index (Phi) is 16.2. The Morgan fingerprint density at radius 2 is 0.121 bits per heavy atom. The fourth-order valence-corrected chi connectivity index (χ4v) is 11.2. The zero-order chi connectivity index (χ0) is 50.8. The summed E-state index contributed by atoms with van der Waals surface area (Å²) in [6, 6.07) is 0. The zero-order valence-corrected chi connectivity index (χ0v) is 48.0. The van der Waals surface area contributed by atoms with Gasteiger partial charge < -0.3 is 0 Å². The molecule has 0 unspecified atom stereocenters. The van der Waals surface area contributed by atoms with Gasteiger partial charge in [0.05, 0.1) is 0 Å². The van der Waals surface area contributed by atoms with Gasteiger partial charge in [-0.25, -0.2) is 0 Å². The minimum absolute atomic E-state index is 1.45. The largest absolute Gasteiger partial charge is 0.0447 e. The molecular weight excluding hydrogens is 793 g/mol. The van der Waals surface area contributed by atoms with Crippen molar-refractivity contribution in [1.82, 2.24) is 0 Å². The fourth-order valence-electron chi connectivity index (χ4n) is 11.2. The van der Waals surface area contributed by atoms with Crippen LogP contribution in [0.15, 0.2) is 0 Å². The number of aryl methyl sites for hydroxylation is 12. The Morgan fingerprint density at radius 1 is 0.0758 bits per heavy atom. The van der Waals surface area contributed by atoms with Gasteiger partial charge in [-0.05, 0) is 407 Å². The second-order valence-electron chi connectivity index (χ2n) is 21.0. The molecule has 0 heterocycles. The van der Waals surface area contributed by atoms with Crippen LogP contribution in [0.5, 0.6) is 0 Å². The van der Waals surface area contributed by atoms with Gasteiger partial charge in [0.2, 0.25) is 0 Å². The lowest BCUT2D eigenvalue weighted by Gasteiger charge is -2.21. The van der Waals surface area contributed by atoms with E-state index in [0.717, 1.165) is 0 Å². The Hall–Kier alpha value is -4.68. The second-order valence-corrected chi connectivity index (χ2v) is 21.0. The number of hydrogen-bond acceptors (Lipinski definition) is 0. The van der Waals surface area contributed by atoms with Gasteiger partial charge in [0.15, 0.2) is 0 Å². The first kappa shape index (κ1) is 53.9. The minimum atomic E-state index is 1.45. The minimum Gasteiger partial charge on any atom is -0.0447 e. The molecule has 0 saturated carbocycles. The first-order chi connectivity index (χ1) is 30.3. The van der Waals surface area contributed by atoms with Crippen molar-refractivity contribution in [2.45, 2.75) is 208 Å². The molecule has 66 heavy (non-hydrogen) atoms. The highest BCUT2D eigenvalue weighted by molar-refractivity contribution is 5.99. The van der Waals surface area contributed by atoms with E-state index in [4.69, 9.17) is 0 Å². The molecular formula is C66H90. The van der Waals surface area contributed by atoms with Gasteiger partial charge in [-0.2, -0.15) is 0 Å². The third-order valence-electron chi connectivity index (χ3n) is 18.8. The molecule has 354 valence electrons. The molecule has 0 saturated heterocycles. The lowest BCUT2D eigenvalue weighted by atomic mass is 9.83. The summed E-state index contributed by atoms with van der Waals surface area (Å²) in [6.45, 7) is 67.5. The SMILES string of the molecule is Cc1c(C)c(C)c(C)c(C)c1C.Cc1c(C)c(C)c2c(C)c(C)c(C)c(C)c2c1C.Cc1c(C)c(C)c2c(C)c(C)c(C)c(C)c2c1C.Cc1c(C)c(C)c2c(C)c(C)c(C)c(C)c2c1C. The van der Waals surface area contributed by atoms with Crippen LogP contribution in [0.25, 0.3) is 32.3 Å². The first-order valence-corrected chi connectivity index (χ1v) is 24.8. The van der Waals surface area contributed by atoms with Gasteiger partial charge in [0.1, 0.15) is 0 Å². The van der Waals surface area contributed by atoms with Crippen LogP contribution in [-0.4, -0.2) is 0 Å². The highest BCUT2D eigenvalue weighted by Crippen LogP contribution is 2.40. The average molecular weight is 883 g/mol. The summed E-state index contributed by atoms with van der Waals surface area (Å²) in [5, 5.41) is 8.90. The van der Waals surface area contributed by atoms with Gasteiger partial charge >= 0.3 is 0 Å². The summed E-state index contributed by atoms with van der Waals surface area (Å²) in [4.78, 5) is 0. The van der Waals surface area contributed by atoms with Crippen LogP contribution in [0, 0.1) is 208 Å². The molecule has 7 aromatic rings. The summed E-state index contributed by atoms with van der Waals surface area (Å²) in [6.07, 6.45) is 0. The molecule has 7 aromatic carbocycles. The number of benzene rings is 7. The van der Waals surface area contributed by atoms with Crippen LogP contribution in [0.2, 0.25) is 0 Å². The van der Waals surface area contributed by atoms with Gasteiger partial charge in [-0.1, -0.05) is 0 Å². The van der Waals surface area contributed by atoms with Crippen LogP contribution in [0.1, 0.15) is 167 Å². The number of rotatable bonds is 0. The summed E-state index contributed by atoms with van der Waals surface area (Å²) in [5.41, 5.74) is 43.6. The topological polar surface area (TPSA) is 0 Å². The van der Waals surface area contributed by atoms with E-state index in [1.54, 1.807) is 0 Å². The maximum atomic E-state index is 2.27. The van der Waals surface area contributed by atoms with Crippen molar-refractivity contribution in [2.75, 3.05) is 0 Å². The lowest BCUT2D eigenvalue weighted by molar-refractivity contribution is 1.13. The zero-order valence-electron chi connectivity index (χ0n) is 48.0. The molecule has 7 rings (SSSR count). The molecule has 0 heteroatoms. The van der Waals surface area contributed by atoms with Crippen molar-refractivity contribution in [3.8, 4) is 0 Å². The number of fused-ring (bicyclic) bond motifs is 3. The summed E-state index contributed by atoms with van der Waals surface area (Å²) >= 11 is 0. The molecule has 0 spiro atoms. The normalized spacial score (nSPS) is 11.2. The molecule has 0 aliphatic heterocycles. The summed E-state index contributed by atoms with van der Waals surface area (Å²) in [5.74, 6) is 0. The predicted octanol–water partition coefficient (Wildman–Crippen LogP) is 19.5. The van der Waals surface area contributed by atoms with E-state index in [-0.39, 0.29) is 0 Å². The van der Waals surface area contributed by atoms with Crippen molar-refractivity contribution in [3.63, 3.8) is 0 Å². The van der Waals surface area contributed by atoms with Crippen LogP contribution >= 0.6 is 0 Å². The Balaban J connectivity index is 0.000000195.